The first-order valence-electron chi connectivity index (χ1n) is 3.35. The molecule has 0 spiro atoms. The van der Waals surface area contributed by atoms with Gasteiger partial charge >= 0.3 is 0 Å². The quantitative estimate of drug-likeness (QED) is 0.548. The number of hydrogen-bond donors (Lipinski definition) is 1. The van der Waals surface area contributed by atoms with Gasteiger partial charge in [-0.15, -0.1) is 0 Å². The van der Waals surface area contributed by atoms with Crippen molar-refractivity contribution in [3.8, 4) is 0 Å². The lowest BCUT2D eigenvalue weighted by atomic mass is 10.1. The van der Waals surface area contributed by atoms with Crippen molar-refractivity contribution < 1.29 is 0 Å². The summed E-state index contributed by atoms with van der Waals surface area (Å²) in [5.74, 6) is 0. The first-order chi connectivity index (χ1) is 4.30. The molecule has 0 amide bonds. The summed E-state index contributed by atoms with van der Waals surface area (Å²) >= 11 is 0. The van der Waals surface area contributed by atoms with E-state index in [-0.39, 0.29) is 0 Å². The molecule has 2 heteroatoms. The van der Waals surface area contributed by atoms with E-state index in [2.05, 4.69) is 30.4 Å². The van der Waals surface area contributed by atoms with Crippen LogP contribution in [-0.4, -0.2) is 31.6 Å². The molecular formula is C7H14N2. The summed E-state index contributed by atoms with van der Waals surface area (Å²) in [4.78, 5) is 2.25. The van der Waals surface area contributed by atoms with Gasteiger partial charge in [-0.3, -0.25) is 0 Å². The van der Waals surface area contributed by atoms with Crippen LogP contribution in [0.1, 0.15) is 6.42 Å². The molecular weight excluding hydrogens is 112 g/mol. The molecule has 0 fully saturated rings. The second-order valence-corrected chi connectivity index (χ2v) is 2.66. The maximum atomic E-state index is 3.19. The molecule has 0 radical (unpaired) electrons. The van der Waals surface area contributed by atoms with Crippen molar-refractivity contribution in [3.05, 3.63) is 12.3 Å². The van der Waals surface area contributed by atoms with Crippen molar-refractivity contribution in [3.63, 3.8) is 0 Å². The van der Waals surface area contributed by atoms with E-state index in [4.69, 9.17) is 0 Å². The molecule has 1 heterocycles. The molecule has 0 saturated carbocycles. The molecule has 0 bridgehead atoms. The normalized spacial score (nSPS) is 26.3. The molecule has 1 aliphatic rings. The smallest absolute Gasteiger partial charge is 0.0300 e. The van der Waals surface area contributed by atoms with E-state index < -0.39 is 0 Å². The standard InChI is InChI=1S/C7H14N2/c1-9(2)7-4-3-5-8-6-7/h3,5,7-8H,4,6H2,1-2H3. The number of rotatable bonds is 1. The molecule has 1 unspecified atom stereocenters. The van der Waals surface area contributed by atoms with Gasteiger partial charge in [0.2, 0.25) is 0 Å². The lowest BCUT2D eigenvalue weighted by Gasteiger charge is -2.25. The molecule has 1 atom stereocenters. The van der Waals surface area contributed by atoms with E-state index in [1.165, 1.54) is 6.42 Å². The Kier molecular flexibility index (Phi) is 2.11. The molecule has 2 nitrogen and oxygen atoms in total. The fraction of sp³-hybridized carbons (Fsp3) is 0.714. The number of nitrogens with zero attached hydrogens (tertiary/aromatic N) is 1. The highest BCUT2D eigenvalue weighted by atomic mass is 15.1. The monoisotopic (exact) mass is 126 g/mol. The third-order valence-corrected chi connectivity index (χ3v) is 1.73. The Hall–Kier alpha value is -0.500. The molecule has 1 rings (SSSR count). The molecule has 1 N–H and O–H groups in total. The Morgan fingerprint density at radius 1 is 1.56 bits per heavy atom. The number of likely N-dealkylation sites (N-methyl/N-ethyl adjacent to an activating group) is 1. The highest BCUT2D eigenvalue weighted by molar-refractivity contribution is 4.91. The first kappa shape index (κ1) is 6.62. The van der Waals surface area contributed by atoms with Gasteiger partial charge in [-0.1, -0.05) is 6.08 Å². The van der Waals surface area contributed by atoms with Crippen molar-refractivity contribution in [2.45, 2.75) is 12.5 Å². The molecule has 52 valence electrons. The Morgan fingerprint density at radius 2 is 2.33 bits per heavy atom. The van der Waals surface area contributed by atoms with E-state index in [9.17, 15) is 0 Å². The van der Waals surface area contributed by atoms with E-state index in [1.54, 1.807) is 0 Å². The zero-order valence-electron chi connectivity index (χ0n) is 6.09. The van der Waals surface area contributed by atoms with Crippen molar-refractivity contribution >= 4 is 0 Å². The zero-order valence-corrected chi connectivity index (χ0v) is 6.09. The van der Waals surface area contributed by atoms with Crippen LogP contribution in [0.4, 0.5) is 0 Å². The lowest BCUT2D eigenvalue weighted by Crippen LogP contribution is -2.37. The minimum atomic E-state index is 0.690. The second kappa shape index (κ2) is 2.87. The lowest BCUT2D eigenvalue weighted by molar-refractivity contribution is 0.286. The molecule has 0 aliphatic carbocycles. The van der Waals surface area contributed by atoms with Crippen LogP contribution in [0.15, 0.2) is 12.3 Å². The maximum Gasteiger partial charge on any atom is 0.0300 e. The molecule has 0 aromatic rings. The molecule has 9 heavy (non-hydrogen) atoms. The third kappa shape index (κ3) is 1.72. The fourth-order valence-electron chi connectivity index (χ4n) is 0.989. The van der Waals surface area contributed by atoms with Crippen LogP contribution in [0.3, 0.4) is 0 Å². The maximum absolute atomic E-state index is 3.19. The van der Waals surface area contributed by atoms with Crippen LogP contribution in [0.2, 0.25) is 0 Å². The highest BCUT2D eigenvalue weighted by Crippen LogP contribution is 2.02. The summed E-state index contributed by atoms with van der Waals surface area (Å²) in [7, 11) is 4.23. The van der Waals surface area contributed by atoms with Gasteiger partial charge in [0.25, 0.3) is 0 Å². The summed E-state index contributed by atoms with van der Waals surface area (Å²) in [6.07, 6.45) is 5.38. The van der Waals surface area contributed by atoms with Gasteiger partial charge in [0.1, 0.15) is 0 Å². The van der Waals surface area contributed by atoms with E-state index >= 15 is 0 Å². The minimum absolute atomic E-state index is 0.690. The predicted octanol–water partition coefficient (Wildman–Crippen LogP) is 0.424. The average molecular weight is 126 g/mol. The van der Waals surface area contributed by atoms with Gasteiger partial charge in [0.15, 0.2) is 0 Å². The average Bonchev–Trinajstić information content (AvgIpc) is 1.90. The van der Waals surface area contributed by atoms with Crippen molar-refractivity contribution in [2.75, 3.05) is 20.6 Å². The second-order valence-electron chi connectivity index (χ2n) is 2.66. The number of hydrogen-bond acceptors (Lipinski definition) is 2. The largest absolute Gasteiger partial charge is 0.390 e. The molecule has 0 aromatic heterocycles. The summed E-state index contributed by atoms with van der Waals surface area (Å²) in [6.45, 7) is 1.09. The van der Waals surface area contributed by atoms with Gasteiger partial charge < -0.3 is 10.2 Å². The summed E-state index contributed by atoms with van der Waals surface area (Å²) in [6, 6.07) is 0.690. The summed E-state index contributed by atoms with van der Waals surface area (Å²) in [5, 5.41) is 3.19. The van der Waals surface area contributed by atoms with Gasteiger partial charge in [-0.2, -0.15) is 0 Å². The van der Waals surface area contributed by atoms with Crippen LogP contribution in [0, 0.1) is 0 Å². The fourth-order valence-corrected chi connectivity index (χ4v) is 0.989. The Morgan fingerprint density at radius 3 is 2.67 bits per heavy atom. The van der Waals surface area contributed by atoms with Crippen LogP contribution < -0.4 is 5.32 Å². The van der Waals surface area contributed by atoms with Crippen LogP contribution in [-0.2, 0) is 0 Å². The van der Waals surface area contributed by atoms with Crippen LogP contribution in [0.5, 0.6) is 0 Å². The molecule has 0 aromatic carbocycles. The van der Waals surface area contributed by atoms with E-state index in [0.717, 1.165) is 6.54 Å². The number of nitrogens with one attached hydrogen (secondary N) is 1. The van der Waals surface area contributed by atoms with Gasteiger partial charge in [-0.05, 0) is 26.7 Å². The third-order valence-electron chi connectivity index (χ3n) is 1.73. The van der Waals surface area contributed by atoms with Crippen LogP contribution in [0.25, 0.3) is 0 Å². The van der Waals surface area contributed by atoms with Crippen molar-refractivity contribution in [2.24, 2.45) is 0 Å². The zero-order chi connectivity index (χ0) is 6.69. The van der Waals surface area contributed by atoms with Crippen molar-refractivity contribution in [1.29, 1.82) is 0 Å². The summed E-state index contributed by atoms with van der Waals surface area (Å²) in [5.41, 5.74) is 0. The molecule has 1 aliphatic heterocycles. The highest BCUT2D eigenvalue weighted by Gasteiger charge is 2.09. The Balaban J connectivity index is 2.35. The SMILES string of the molecule is CN(C)C1CC=CNC1. The molecule has 0 saturated heterocycles. The Bertz CT molecular complexity index is 107. The van der Waals surface area contributed by atoms with Gasteiger partial charge in [-0.25, -0.2) is 0 Å². The van der Waals surface area contributed by atoms with Crippen molar-refractivity contribution in [1.82, 2.24) is 10.2 Å². The van der Waals surface area contributed by atoms with Gasteiger partial charge in [0.05, 0.1) is 0 Å². The first-order valence-corrected chi connectivity index (χ1v) is 3.35. The minimum Gasteiger partial charge on any atom is -0.390 e. The van der Waals surface area contributed by atoms with Crippen LogP contribution >= 0.6 is 0 Å². The van der Waals surface area contributed by atoms with E-state index in [1.807, 2.05) is 6.20 Å². The Labute approximate surface area is 56.5 Å². The topological polar surface area (TPSA) is 15.3 Å². The predicted molar refractivity (Wildman–Crippen MR) is 39.2 cm³/mol. The van der Waals surface area contributed by atoms with Gasteiger partial charge in [0, 0.05) is 12.6 Å². The van der Waals surface area contributed by atoms with E-state index in [0.29, 0.717) is 6.04 Å². The summed E-state index contributed by atoms with van der Waals surface area (Å²) < 4.78 is 0.